The van der Waals surface area contributed by atoms with Gasteiger partial charge >= 0.3 is 0 Å². The first-order chi connectivity index (χ1) is 71.0. The van der Waals surface area contributed by atoms with Crippen LogP contribution in [0.4, 0.5) is 46.5 Å². The van der Waals surface area contributed by atoms with E-state index in [2.05, 4.69) is 149 Å². The molecule has 10 heterocycles. The summed E-state index contributed by atoms with van der Waals surface area (Å²) in [5, 5.41) is 63.7. The minimum Gasteiger partial charge on any atom is -0.436 e. The predicted molar refractivity (Wildman–Crippen MR) is 571 cm³/mol. The molecule has 0 spiro atoms. The van der Waals surface area contributed by atoms with E-state index in [-0.39, 0.29) is 5.91 Å². The molecule has 20 aromatic rings. The molecule has 1 amide bonds. The van der Waals surface area contributed by atoms with Gasteiger partial charge in [0, 0.05) is 125 Å². The van der Waals surface area contributed by atoms with E-state index in [1.165, 1.54) is 0 Å². The molecule has 0 saturated heterocycles. The van der Waals surface area contributed by atoms with Gasteiger partial charge < -0.3 is 67.9 Å². The van der Waals surface area contributed by atoms with Crippen molar-refractivity contribution in [3.8, 4) is 110 Å². The van der Waals surface area contributed by atoms with Gasteiger partial charge in [-0.15, -0.1) is 0 Å². The molecule has 0 bridgehead atoms. The number of amides is 1. The third-order valence-corrected chi connectivity index (χ3v) is 25.0. The van der Waals surface area contributed by atoms with E-state index in [0.29, 0.717) is 87.3 Å². The number of hydrogen-bond acceptors (Lipinski definition) is 25. The van der Waals surface area contributed by atoms with E-state index in [1.807, 2.05) is 272 Å². The first-order valence-electron chi connectivity index (χ1n) is 47.0. The van der Waals surface area contributed by atoms with Gasteiger partial charge in [0.2, 0.25) is 47.3 Å². The van der Waals surface area contributed by atoms with Crippen LogP contribution in [0.15, 0.2) is 278 Å². The van der Waals surface area contributed by atoms with Gasteiger partial charge in [-0.3, -0.25) is 9.78 Å². The summed E-state index contributed by atoms with van der Waals surface area (Å²) < 4.78 is 39.0. The van der Waals surface area contributed by atoms with Crippen molar-refractivity contribution in [1.82, 2.24) is 73.2 Å². The van der Waals surface area contributed by atoms with Crippen LogP contribution in [0.3, 0.4) is 0 Å². The predicted octanol–water partition coefficient (Wildman–Crippen LogP) is 26.1. The molecular formula is C117H98N24O6. The molecule has 0 atom stereocenters. The Balaban J connectivity index is 0.000000129. The zero-order chi connectivity index (χ0) is 103. The van der Waals surface area contributed by atoms with Gasteiger partial charge in [-0.05, 0) is 347 Å². The molecule has 4 N–H and O–H groups in total. The Labute approximate surface area is 847 Å². The Kier molecular flexibility index (Phi) is 27.7. The summed E-state index contributed by atoms with van der Waals surface area (Å²) in [6.45, 7) is 20.0. The van der Waals surface area contributed by atoms with Crippen molar-refractivity contribution < 1.29 is 28.3 Å². The number of nitrogens with one attached hydrogen (secondary N) is 4. The smallest absolute Gasteiger partial charge is 0.253 e. The Morgan fingerprint density at radius 2 is 0.714 bits per heavy atom. The number of carbonyl (C=O) groups excluding carboxylic acids is 1. The molecule has 10 aromatic heterocycles. The van der Waals surface area contributed by atoms with Gasteiger partial charge in [0.15, 0.2) is 0 Å². The van der Waals surface area contributed by atoms with Crippen molar-refractivity contribution in [3.05, 3.63) is 363 Å². The molecule has 0 aliphatic heterocycles. The van der Waals surface area contributed by atoms with Gasteiger partial charge in [-0.25, -0.2) is 19.9 Å². The number of anilines is 8. The SMILES string of the molecule is Cc1cc(-c2c(C)noc2C)cc(C)c1Oc1nc(Nc2ccc(C#N)cc2)nc2ccn(C)c12.Cc1cc(-c2cccc(C(=O)N(C)C)c2)cc(C)c1Oc1nc(Nc2ccc(C#N)cc2)nc2ccn(C)c12.Cc1cc(-c2ccnc3ccccc23)cc(C)c1Oc1nc(Nc2ccc(C#N)cc2)nc2ccn(C)c12.Cc1cc(C2=C(C#N)CC=C2)cc(C)c1Oc1nc(Nc2ccc(C#N)cc2)nc2ccn(C)c12. The number of rotatable bonds is 21. The largest absolute Gasteiger partial charge is 0.436 e. The first kappa shape index (κ1) is 97.3. The van der Waals surface area contributed by atoms with Crippen molar-refractivity contribution in [2.45, 2.75) is 75.7 Å². The third kappa shape index (κ3) is 21.0. The molecule has 722 valence electrons. The molecule has 1 aliphatic carbocycles. The lowest BCUT2D eigenvalue weighted by molar-refractivity contribution is 0.0827. The van der Waals surface area contributed by atoms with Crippen molar-refractivity contribution in [2.75, 3.05) is 35.4 Å². The minimum atomic E-state index is -0.0361. The summed E-state index contributed by atoms with van der Waals surface area (Å²) in [4.78, 5) is 56.0. The molecule has 0 saturated carbocycles. The van der Waals surface area contributed by atoms with E-state index in [9.17, 15) is 10.1 Å². The topological polar surface area (TPSA) is 386 Å². The number of pyridine rings is 1. The standard InChI is InChI=1S/C31H28N6O2.C31H24N6O.C28H22N6O.C27H24N6O2/c1-19-15-24(22-7-6-8-23(17-22)30(38)36(3)4)16-20(2)28(19)39-29-27-26(13-14-37(27)5)34-31(35-29)33-25-11-9-21(18-32)10-12-25;1-19-16-22(24-12-14-33-26-7-5-4-6-25(24)26)17-20(2)29(19)38-30-28-27(13-15-37(28)3)35-31(36-30)34-23-10-8-21(18-32)9-11-23;1-17-13-21(23-6-4-5-20(23)16-30)14-18(2)26(17)35-27-25-24(11-12-34(25)3)32-28(33-27)31-22-9-7-19(15-29)8-10-22;1-15-12-20(23-17(3)32-35-18(23)4)13-16(2)25(15)34-26-24-22(10-11-33(24)5)30-27(31-26)29-21-8-6-19(14-28)7-9-21/h6-17H,1-5H3,(H,33,34,35);4-17H,1-3H3,(H,34,35,36);4,6-14H,5H2,1-3H3,(H,31,32,33);6-13H,1-5H3,(H,29,30,31). The van der Waals surface area contributed by atoms with Crippen molar-refractivity contribution in [2.24, 2.45) is 28.2 Å². The Morgan fingerprint density at radius 3 is 1.05 bits per heavy atom. The summed E-state index contributed by atoms with van der Waals surface area (Å²) in [6.07, 6.45) is 14.2. The van der Waals surface area contributed by atoms with Crippen molar-refractivity contribution in [1.29, 1.82) is 26.3 Å². The van der Waals surface area contributed by atoms with Crippen LogP contribution in [0, 0.1) is 126 Å². The zero-order valence-corrected chi connectivity index (χ0v) is 83.5. The average molecular weight is 1940 g/mol. The van der Waals surface area contributed by atoms with E-state index in [0.717, 1.165) is 201 Å². The fraction of sp³-hybridized carbons (Fsp3) is 0.145. The van der Waals surface area contributed by atoms with Crippen LogP contribution in [-0.4, -0.2) is 93.2 Å². The van der Waals surface area contributed by atoms with Gasteiger partial charge in [0.1, 0.15) is 50.8 Å². The van der Waals surface area contributed by atoms with Crippen LogP contribution < -0.4 is 40.2 Å². The van der Waals surface area contributed by atoms with E-state index >= 15 is 0 Å². The number of benzene rings is 10. The molecule has 147 heavy (non-hydrogen) atoms. The number of carbonyl (C=O) groups is 1. The molecule has 10 aromatic carbocycles. The Morgan fingerprint density at radius 1 is 0.367 bits per heavy atom. The number of aryl methyl sites for hydroxylation is 14. The highest BCUT2D eigenvalue weighted by Crippen LogP contribution is 2.44. The molecule has 0 unspecified atom stereocenters. The van der Waals surface area contributed by atoms with Gasteiger partial charge in [0.05, 0.1) is 85.9 Å². The van der Waals surface area contributed by atoms with Crippen molar-refractivity contribution >= 4 is 113 Å². The molecule has 1 aliphatic rings. The second kappa shape index (κ2) is 41.9. The van der Waals surface area contributed by atoms with Crippen LogP contribution in [0.5, 0.6) is 46.5 Å². The number of aromatic nitrogens is 14. The number of allylic oxidation sites excluding steroid dienone is 4. The highest BCUT2D eigenvalue weighted by atomic mass is 16.5. The molecule has 30 nitrogen and oxygen atoms in total. The van der Waals surface area contributed by atoms with Crippen LogP contribution in [0.1, 0.15) is 101 Å². The maximum Gasteiger partial charge on any atom is 0.253 e. The summed E-state index contributed by atoms with van der Waals surface area (Å²) in [5.41, 5.74) is 30.8. The van der Waals surface area contributed by atoms with Crippen LogP contribution in [-0.2, 0) is 28.2 Å². The normalized spacial score (nSPS) is 11.3. The second-order valence-electron chi connectivity index (χ2n) is 35.9. The van der Waals surface area contributed by atoms with E-state index in [4.69, 9.17) is 59.5 Å². The molecule has 21 rings (SSSR count). The quantitative estimate of drug-likeness (QED) is 0.0519. The van der Waals surface area contributed by atoms with E-state index in [1.54, 1.807) is 67.5 Å². The molecular weight excluding hydrogens is 1840 g/mol. The lowest BCUT2D eigenvalue weighted by Crippen LogP contribution is -2.21. The number of nitriles is 5. The number of fused-ring (bicyclic) bond motifs is 5. The Bertz CT molecular complexity index is 8760. The van der Waals surface area contributed by atoms with E-state index < -0.39 is 0 Å². The highest BCUT2D eigenvalue weighted by Gasteiger charge is 2.26. The van der Waals surface area contributed by atoms with Crippen molar-refractivity contribution in [3.63, 3.8) is 0 Å². The monoisotopic (exact) mass is 1930 g/mol. The number of ether oxygens (including phenoxy) is 4. The summed E-state index contributed by atoms with van der Waals surface area (Å²) in [7, 11) is 11.2. The van der Waals surface area contributed by atoms with Gasteiger partial charge in [-0.1, -0.05) is 47.6 Å². The fourth-order valence-corrected chi connectivity index (χ4v) is 17.8. The van der Waals surface area contributed by atoms with Gasteiger partial charge in [-0.2, -0.15) is 46.2 Å². The maximum atomic E-state index is 12.5. The lowest BCUT2D eigenvalue weighted by atomic mass is 9.97. The zero-order valence-electron chi connectivity index (χ0n) is 83.5. The molecule has 30 heteroatoms. The summed E-state index contributed by atoms with van der Waals surface area (Å²) in [6, 6.07) is 81.5. The second-order valence-corrected chi connectivity index (χ2v) is 35.9. The summed E-state index contributed by atoms with van der Waals surface area (Å²) >= 11 is 0. The molecule has 0 radical (unpaired) electrons. The number of para-hydroxylation sites is 1. The maximum absolute atomic E-state index is 12.5. The Hall–Kier alpha value is -19.9. The molecule has 0 fully saturated rings. The minimum absolute atomic E-state index is 0.0361. The highest BCUT2D eigenvalue weighted by molar-refractivity contribution is 5.97. The summed E-state index contributed by atoms with van der Waals surface area (Å²) in [5.74, 6) is 7.09. The fourth-order valence-electron chi connectivity index (χ4n) is 17.8. The lowest BCUT2D eigenvalue weighted by Gasteiger charge is -2.16. The first-order valence-corrected chi connectivity index (χ1v) is 47.0. The average Bonchev–Trinajstić information content (AvgIpc) is 1.76. The number of nitrogens with zero attached hydrogens (tertiary/aromatic N) is 20. The number of hydrogen-bond donors (Lipinski definition) is 4. The van der Waals surface area contributed by atoms with Crippen LogP contribution >= 0.6 is 0 Å². The van der Waals surface area contributed by atoms with Crippen LogP contribution in [0.25, 0.3) is 94.0 Å². The van der Waals surface area contributed by atoms with Crippen LogP contribution in [0.2, 0.25) is 0 Å². The van der Waals surface area contributed by atoms with Gasteiger partial charge in [0.25, 0.3) is 5.91 Å². The third-order valence-electron chi connectivity index (χ3n) is 25.0.